The number of aryl methyl sites for hydroxylation is 1. The van der Waals surface area contributed by atoms with Gasteiger partial charge in [-0.15, -0.1) is 0 Å². The van der Waals surface area contributed by atoms with Gasteiger partial charge in [0.1, 0.15) is 16.8 Å². The number of nitrogens with zero attached hydrogens (tertiary/aromatic N) is 2. The third-order valence-electron chi connectivity index (χ3n) is 3.32. The fourth-order valence-corrected chi connectivity index (χ4v) is 2.20. The second-order valence-corrected chi connectivity index (χ2v) is 5.51. The van der Waals surface area contributed by atoms with Crippen LogP contribution in [0.4, 0.5) is 5.82 Å². The summed E-state index contributed by atoms with van der Waals surface area (Å²) >= 11 is 6.14. The Morgan fingerprint density at radius 2 is 1.89 bits per heavy atom. The Hall–Kier alpha value is -0.830. The highest BCUT2D eigenvalue weighted by atomic mass is 35.5. The Kier molecular flexibility index (Phi) is 7.14. The average Bonchev–Trinajstić information content (AvgIpc) is 2.39. The summed E-state index contributed by atoms with van der Waals surface area (Å²) in [6, 6.07) is 0.422. The maximum atomic E-state index is 6.14. The first kappa shape index (κ1) is 16.2. The van der Waals surface area contributed by atoms with Crippen LogP contribution in [0.2, 0.25) is 5.15 Å². The molecule has 108 valence electrons. The molecule has 0 spiro atoms. The summed E-state index contributed by atoms with van der Waals surface area (Å²) < 4.78 is 0. The van der Waals surface area contributed by atoms with Gasteiger partial charge in [0.15, 0.2) is 0 Å². The second-order valence-electron chi connectivity index (χ2n) is 5.15. The van der Waals surface area contributed by atoms with Gasteiger partial charge in [-0.2, -0.15) is 0 Å². The van der Waals surface area contributed by atoms with Crippen molar-refractivity contribution in [3.63, 3.8) is 0 Å². The molecule has 1 aromatic heterocycles. The monoisotopic (exact) mass is 283 g/mol. The molecule has 0 amide bonds. The van der Waals surface area contributed by atoms with Crippen molar-refractivity contribution < 1.29 is 0 Å². The molecule has 1 heterocycles. The van der Waals surface area contributed by atoms with E-state index in [0.29, 0.717) is 11.2 Å². The van der Waals surface area contributed by atoms with Crippen molar-refractivity contribution in [3.8, 4) is 0 Å². The van der Waals surface area contributed by atoms with E-state index in [1.54, 1.807) is 0 Å². The Labute approximate surface area is 122 Å². The van der Waals surface area contributed by atoms with Crippen LogP contribution in [0.25, 0.3) is 0 Å². The van der Waals surface area contributed by atoms with Gasteiger partial charge < -0.3 is 5.32 Å². The summed E-state index contributed by atoms with van der Waals surface area (Å²) in [5, 5.41) is 4.03. The van der Waals surface area contributed by atoms with Gasteiger partial charge in [0.25, 0.3) is 0 Å². The molecule has 4 heteroatoms. The van der Waals surface area contributed by atoms with E-state index >= 15 is 0 Å². The van der Waals surface area contributed by atoms with Crippen LogP contribution in [-0.4, -0.2) is 16.0 Å². The van der Waals surface area contributed by atoms with E-state index in [4.69, 9.17) is 11.6 Å². The van der Waals surface area contributed by atoms with Gasteiger partial charge in [-0.05, 0) is 20.3 Å². The summed E-state index contributed by atoms with van der Waals surface area (Å²) in [6.45, 7) is 8.44. The van der Waals surface area contributed by atoms with E-state index in [0.717, 1.165) is 23.6 Å². The minimum absolute atomic E-state index is 0.422. The van der Waals surface area contributed by atoms with Crippen LogP contribution in [0, 0.1) is 6.92 Å². The highest BCUT2D eigenvalue weighted by Crippen LogP contribution is 2.21. The fraction of sp³-hybridized carbons (Fsp3) is 0.733. The summed E-state index contributed by atoms with van der Waals surface area (Å²) in [4.78, 5) is 8.79. The molecule has 0 radical (unpaired) electrons. The molecule has 0 bridgehead atoms. The summed E-state index contributed by atoms with van der Waals surface area (Å²) in [7, 11) is 0. The number of rotatable bonds is 8. The van der Waals surface area contributed by atoms with Crippen LogP contribution in [0.15, 0.2) is 0 Å². The van der Waals surface area contributed by atoms with Crippen molar-refractivity contribution in [2.24, 2.45) is 0 Å². The predicted molar refractivity (Wildman–Crippen MR) is 83.0 cm³/mol. The first-order valence-corrected chi connectivity index (χ1v) is 7.75. The topological polar surface area (TPSA) is 37.8 Å². The van der Waals surface area contributed by atoms with Gasteiger partial charge in [-0.1, -0.05) is 51.1 Å². The number of anilines is 1. The fourth-order valence-electron chi connectivity index (χ4n) is 2.01. The number of hydrogen-bond acceptors (Lipinski definition) is 3. The van der Waals surface area contributed by atoms with Crippen LogP contribution in [-0.2, 0) is 6.42 Å². The van der Waals surface area contributed by atoms with E-state index < -0.39 is 0 Å². The second kappa shape index (κ2) is 8.36. The summed E-state index contributed by atoms with van der Waals surface area (Å²) in [5.74, 6) is 1.69. The maximum absolute atomic E-state index is 6.14. The van der Waals surface area contributed by atoms with Gasteiger partial charge in [-0.3, -0.25) is 0 Å². The summed E-state index contributed by atoms with van der Waals surface area (Å²) in [5.41, 5.74) is 0.944. The van der Waals surface area contributed by atoms with Crippen molar-refractivity contribution in [1.29, 1.82) is 0 Å². The highest BCUT2D eigenvalue weighted by molar-refractivity contribution is 6.30. The van der Waals surface area contributed by atoms with Gasteiger partial charge in [-0.25, -0.2) is 9.97 Å². The van der Waals surface area contributed by atoms with Crippen LogP contribution in [0.1, 0.15) is 64.3 Å². The van der Waals surface area contributed by atoms with E-state index in [1.165, 1.54) is 32.1 Å². The molecule has 1 N–H and O–H groups in total. The van der Waals surface area contributed by atoms with E-state index in [-0.39, 0.29) is 0 Å². The van der Waals surface area contributed by atoms with Crippen molar-refractivity contribution in [2.45, 2.75) is 72.3 Å². The number of hydrogen-bond donors (Lipinski definition) is 1. The smallest absolute Gasteiger partial charge is 0.137 e. The van der Waals surface area contributed by atoms with Crippen molar-refractivity contribution in [1.82, 2.24) is 9.97 Å². The Morgan fingerprint density at radius 3 is 2.53 bits per heavy atom. The van der Waals surface area contributed by atoms with E-state index in [2.05, 4.69) is 29.1 Å². The van der Waals surface area contributed by atoms with Crippen molar-refractivity contribution in [2.75, 3.05) is 5.32 Å². The van der Waals surface area contributed by atoms with Crippen LogP contribution in [0.5, 0.6) is 0 Å². The third-order valence-corrected chi connectivity index (χ3v) is 3.69. The molecule has 0 aromatic carbocycles. The van der Waals surface area contributed by atoms with Crippen molar-refractivity contribution >= 4 is 17.4 Å². The minimum Gasteiger partial charge on any atom is -0.367 e. The molecule has 1 rings (SSSR count). The highest BCUT2D eigenvalue weighted by Gasteiger charge is 2.10. The first-order chi connectivity index (χ1) is 9.08. The normalized spacial score (nSPS) is 12.5. The zero-order valence-electron chi connectivity index (χ0n) is 12.6. The Morgan fingerprint density at radius 1 is 1.16 bits per heavy atom. The molecule has 0 aliphatic heterocycles. The molecular formula is C15H26ClN3. The molecule has 0 saturated heterocycles. The molecule has 1 aromatic rings. The minimum atomic E-state index is 0.422. The largest absolute Gasteiger partial charge is 0.367 e. The zero-order valence-corrected chi connectivity index (χ0v) is 13.3. The molecule has 0 fully saturated rings. The lowest BCUT2D eigenvalue weighted by atomic mass is 10.1. The number of nitrogens with one attached hydrogen (secondary N) is 1. The lowest BCUT2D eigenvalue weighted by Crippen LogP contribution is -2.17. The van der Waals surface area contributed by atoms with E-state index in [1.807, 2.05) is 13.8 Å². The molecule has 1 unspecified atom stereocenters. The lowest BCUT2D eigenvalue weighted by Gasteiger charge is -2.17. The maximum Gasteiger partial charge on any atom is 0.137 e. The molecular weight excluding hydrogens is 258 g/mol. The lowest BCUT2D eigenvalue weighted by molar-refractivity contribution is 0.592. The molecule has 0 aliphatic carbocycles. The molecule has 3 nitrogen and oxygen atoms in total. The molecule has 19 heavy (non-hydrogen) atoms. The summed E-state index contributed by atoms with van der Waals surface area (Å²) in [6.07, 6.45) is 7.15. The van der Waals surface area contributed by atoms with E-state index in [9.17, 15) is 0 Å². The third kappa shape index (κ3) is 5.35. The quantitative estimate of drug-likeness (QED) is 0.551. The van der Waals surface area contributed by atoms with Gasteiger partial charge >= 0.3 is 0 Å². The van der Waals surface area contributed by atoms with Crippen LogP contribution >= 0.6 is 11.6 Å². The van der Waals surface area contributed by atoms with Crippen LogP contribution in [0.3, 0.4) is 0 Å². The van der Waals surface area contributed by atoms with Gasteiger partial charge in [0.2, 0.25) is 0 Å². The van der Waals surface area contributed by atoms with Crippen LogP contribution < -0.4 is 5.32 Å². The SMILES string of the molecule is CCCCCCC(C)Nc1nc(CC)nc(Cl)c1C. The number of unbranched alkanes of at least 4 members (excludes halogenated alkanes) is 3. The molecule has 0 aliphatic rings. The number of halogens is 1. The van der Waals surface area contributed by atoms with Gasteiger partial charge in [0, 0.05) is 18.0 Å². The Balaban J connectivity index is 2.58. The predicted octanol–water partition coefficient (Wildman–Crippen LogP) is 4.77. The first-order valence-electron chi connectivity index (χ1n) is 7.38. The number of aromatic nitrogens is 2. The zero-order chi connectivity index (χ0) is 14.3. The standard InChI is InChI=1S/C15H26ClN3/c1-5-7-8-9-10-11(3)17-15-12(4)14(16)18-13(6-2)19-15/h11H,5-10H2,1-4H3,(H,17,18,19). The molecule has 0 saturated carbocycles. The Bertz CT molecular complexity index is 393. The van der Waals surface area contributed by atoms with Crippen molar-refractivity contribution in [3.05, 3.63) is 16.5 Å². The van der Waals surface area contributed by atoms with Gasteiger partial charge in [0.05, 0.1) is 0 Å². The molecule has 1 atom stereocenters. The average molecular weight is 284 g/mol.